The SMILES string of the molecule is C[C@H](CC#N)[C@H](NC(=O)[C@H]1CCOC1)C(N)=O. The van der Waals surface area contributed by atoms with Gasteiger partial charge in [-0.2, -0.15) is 5.26 Å². The molecule has 1 aliphatic rings. The molecule has 3 atom stereocenters. The van der Waals surface area contributed by atoms with Crippen LogP contribution in [0.25, 0.3) is 0 Å². The number of carbonyl (C=O) groups is 2. The predicted octanol–water partition coefficient (Wildman–Crippen LogP) is -0.457. The maximum absolute atomic E-state index is 11.8. The minimum Gasteiger partial charge on any atom is -0.381 e. The van der Waals surface area contributed by atoms with E-state index in [1.54, 1.807) is 6.92 Å². The highest BCUT2D eigenvalue weighted by atomic mass is 16.5. The van der Waals surface area contributed by atoms with Crippen molar-refractivity contribution in [2.24, 2.45) is 17.6 Å². The lowest BCUT2D eigenvalue weighted by Gasteiger charge is -2.21. The quantitative estimate of drug-likeness (QED) is 0.677. The van der Waals surface area contributed by atoms with E-state index in [2.05, 4.69) is 5.32 Å². The van der Waals surface area contributed by atoms with Gasteiger partial charge in [0.1, 0.15) is 6.04 Å². The van der Waals surface area contributed by atoms with E-state index in [0.29, 0.717) is 19.6 Å². The maximum atomic E-state index is 11.8. The molecular formula is C11H17N3O3. The molecule has 1 saturated heterocycles. The summed E-state index contributed by atoms with van der Waals surface area (Å²) in [6, 6.07) is 1.17. The first-order valence-corrected chi connectivity index (χ1v) is 5.60. The summed E-state index contributed by atoms with van der Waals surface area (Å²) in [5.74, 6) is -1.34. The van der Waals surface area contributed by atoms with Crippen LogP contribution in [0.1, 0.15) is 19.8 Å². The Morgan fingerprint density at radius 3 is 2.82 bits per heavy atom. The molecule has 2 amide bonds. The molecule has 0 radical (unpaired) electrons. The first kappa shape index (κ1) is 13.5. The van der Waals surface area contributed by atoms with Crippen LogP contribution in [-0.2, 0) is 14.3 Å². The third-order valence-corrected chi connectivity index (χ3v) is 2.89. The van der Waals surface area contributed by atoms with Crippen molar-refractivity contribution in [2.75, 3.05) is 13.2 Å². The van der Waals surface area contributed by atoms with Gasteiger partial charge in [-0.3, -0.25) is 9.59 Å². The normalized spacial score (nSPS) is 22.5. The molecule has 0 aromatic heterocycles. The number of nitrogens with zero attached hydrogens (tertiary/aromatic N) is 1. The van der Waals surface area contributed by atoms with Gasteiger partial charge in [0.2, 0.25) is 11.8 Å². The molecule has 0 aliphatic carbocycles. The highest BCUT2D eigenvalue weighted by molar-refractivity contribution is 5.87. The van der Waals surface area contributed by atoms with E-state index < -0.39 is 11.9 Å². The minimum absolute atomic E-state index is 0.176. The molecule has 1 rings (SSSR count). The molecule has 3 N–H and O–H groups in total. The number of hydrogen-bond donors (Lipinski definition) is 2. The summed E-state index contributed by atoms with van der Waals surface area (Å²) in [6.45, 7) is 2.65. The van der Waals surface area contributed by atoms with E-state index in [4.69, 9.17) is 15.7 Å². The Hall–Kier alpha value is -1.61. The van der Waals surface area contributed by atoms with E-state index in [-0.39, 0.29) is 24.2 Å². The second kappa shape index (κ2) is 6.21. The number of nitrogens with one attached hydrogen (secondary N) is 1. The van der Waals surface area contributed by atoms with Crippen LogP contribution in [0.5, 0.6) is 0 Å². The van der Waals surface area contributed by atoms with Gasteiger partial charge in [0.15, 0.2) is 0 Å². The van der Waals surface area contributed by atoms with Gasteiger partial charge in [0, 0.05) is 13.0 Å². The van der Waals surface area contributed by atoms with E-state index in [9.17, 15) is 9.59 Å². The van der Waals surface area contributed by atoms with E-state index in [0.717, 1.165) is 0 Å². The molecule has 1 heterocycles. The summed E-state index contributed by atoms with van der Waals surface area (Å²) in [5, 5.41) is 11.2. The number of nitrogens with two attached hydrogens (primary N) is 1. The fourth-order valence-corrected chi connectivity index (χ4v) is 1.77. The van der Waals surface area contributed by atoms with Gasteiger partial charge in [-0.15, -0.1) is 0 Å². The van der Waals surface area contributed by atoms with E-state index in [1.807, 2.05) is 6.07 Å². The Balaban J connectivity index is 2.57. The molecule has 0 aromatic rings. The number of amides is 2. The topological polar surface area (TPSA) is 105 Å². The zero-order valence-electron chi connectivity index (χ0n) is 9.81. The van der Waals surface area contributed by atoms with Crippen molar-refractivity contribution in [2.45, 2.75) is 25.8 Å². The van der Waals surface area contributed by atoms with Gasteiger partial charge < -0.3 is 15.8 Å². The molecule has 17 heavy (non-hydrogen) atoms. The van der Waals surface area contributed by atoms with Crippen molar-refractivity contribution in [3.63, 3.8) is 0 Å². The fraction of sp³-hybridized carbons (Fsp3) is 0.727. The Kier molecular flexibility index (Phi) is 4.91. The Morgan fingerprint density at radius 2 is 2.35 bits per heavy atom. The van der Waals surface area contributed by atoms with Gasteiger partial charge in [-0.1, -0.05) is 6.92 Å². The molecule has 1 aliphatic heterocycles. The molecule has 1 fully saturated rings. The molecule has 0 spiro atoms. The summed E-state index contributed by atoms with van der Waals surface area (Å²) >= 11 is 0. The minimum atomic E-state index is -0.789. The van der Waals surface area contributed by atoms with Crippen LogP contribution in [0.15, 0.2) is 0 Å². The first-order valence-electron chi connectivity index (χ1n) is 5.60. The van der Waals surface area contributed by atoms with Gasteiger partial charge in [-0.05, 0) is 12.3 Å². The second-order valence-corrected chi connectivity index (χ2v) is 4.29. The number of rotatable bonds is 5. The van der Waals surface area contributed by atoms with Crippen LogP contribution < -0.4 is 11.1 Å². The molecule has 0 saturated carbocycles. The van der Waals surface area contributed by atoms with Crippen LogP contribution in [-0.4, -0.2) is 31.1 Å². The summed E-state index contributed by atoms with van der Waals surface area (Å²) < 4.78 is 5.10. The van der Waals surface area contributed by atoms with Gasteiger partial charge in [0.25, 0.3) is 0 Å². The summed E-state index contributed by atoms with van der Waals surface area (Å²) in [4.78, 5) is 23.0. The lowest BCUT2D eigenvalue weighted by Crippen LogP contribution is -2.50. The third kappa shape index (κ3) is 3.71. The predicted molar refractivity (Wildman–Crippen MR) is 59.4 cm³/mol. The molecule has 0 aromatic carbocycles. The molecular weight excluding hydrogens is 222 g/mol. The Morgan fingerprint density at radius 1 is 1.65 bits per heavy atom. The Bertz CT molecular complexity index is 331. The average molecular weight is 239 g/mol. The molecule has 6 nitrogen and oxygen atoms in total. The van der Waals surface area contributed by atoms with Crippen LogP contribution in [0, 0.1) is 23.2 Å². The standard InChI is InChI=1S/C11H17N3O3/c1-7(2-4-12)9(10(13)15)14-11(16)8-3-5-17-6-8/h7-9H,2-3,5-6H2,1H3,(H2,13,15)(H,14,16)/t7-,8+,9+/m1/s1. The largest absolute Gasteiger partial charge is 0.381 e. The zero-order chi connectivity index (χ0) is 12.8. The number of ether oxygens (including phenoxy) is 1. The van der Waals surface area contributed by atoms with Crippen LogP contribution >= 0.6 is 0 Å². The highest BCUT2D eigenvalue weighted by Crippen LogP contribution is 2.14. The van der Waals surface area contributed by atoms with Crippen LogP contribution in [0.3, 0.4) is 0 Å². The smallest absolute Gasteiger partial charge is 0.240 e. The van der Waals surface area contributed by atoms with Crippen LogP contribution in [0.4, 0.5) is 0 Å². The first-order chi connectivity index (χ1) is 8.06. The maximum Gasteiger partial charge on any atom is 0.240 e. The highest BCUT2D eigenvalue weighted by Gasteiger charge is 2.29. The van der Waals surface area contributed by atoms with Crippen molar-refractivity contribution < 1.29 is 14.3 Å². The molecule has 0 unspecified atom stereocenters. The molecule has 94 valence electrons. The summed E-state index contributed by atoms with van der Waals surface area (Å²) in [7, 11) is 0. The number of primary amides is 1. The van der Waals surface area contributed by atoms with Gasteiger partial charge in [0.05, 0.1) is 18.6 Å². The van der Waals surface area contributed by atoms with Crippen molar-refractivity contribution in [3.8, 4) is 6.07 Å². The summed E-state index contributed by atoms with van der Waals surface area (Å²) in [6.07, 6.45) is 0.832. The van der Waals surface area contributed by atoms with Crippen LogP contribution in [0.2, 0.25) is 0 Å². The number of nitriles is 1. The number of hydrogen-bond acceptors (Lipinski definition) is 4. The van der Waals surface area contributed by atoms with E-state index in [1.165, 1.54) is 0 Å². The van der Waals surface area contributed by atoms with Gasteiger partial charge in [-0.25, -0.2) is 0 Å². The van der Waals surface area contributed by atoms with Gasteiger partial charge >= 0.3 is 0 Å². The second-order valence-electron chi connectivity index (χ2n) is 4.29. The zero-order valence-corrected chi connectivity index (χ0v) is 9.81. The van der Waals surface area contributed by atoms with E-state index >= 15 is 0 Å². The molecule has 6 heteroatoms. The third-order valence-electron chi connectivity index (χ3n) is 2.89. The lowest BCUT2D eigenvalue weighted by molar-refractivity contribution is -0.130. The lowest BCUT2D eigenvalue weighted by atomic mass is 9.97. The average Bonchev–Trinajstić information content (AvgIpc) is 2.78. The number of carbonyl (C=O) groups excluding carboxylic acids is 2. The van der Waals surface area contributed by atoms with Crippen molar-refractivity contribution in [3.05, 3.63) is 0 Å². The summed E-state index contributed by atoms with van der Waals surface area (Å²) in [5.41, 5.74) is 5.22. The van der Waals surface area contributed by atoms with Crippen molar-refractivity contribution >= 4 is 11.8 Å². The monoisotopic (exact) mass is 239 g/mol. The fourth-order valence-electron chi connectivity index (χ4n) is 1.77. The molecule has 0 bridgehead atoms. The Labute approximate surface area is 100 Å². The van der Waals surface area contributed by atoms with Crippen molar-refractivity contribution in [1.82, 2.24) is 5.32 Å². The van der Waals surface area contributed by atoms with Crippen molar-refractivity contribution in [1.29, 1.82) is 5.26 Å².